The van der Waals surface area contributed by atoms with Crippen molar-refractivity contribution < 1.29 is 13.2 Å². The number of sulfonamides is 1. The Labute approximate surface area is 127 Å². The number of hydrogen-bond donors (Lipinski definition) is 1. The van der Waals surface area contributed by atoms with Crippen molar-refractivity contribution in [2.45, 2.75) is 24.7 Å². The second-order valence-corrected chi connectivity index (χ2v) is 6.46. The molecule has 6 heteroatoms. The molecule has 1 aromatic rings. The molecule has 2 N–H and O–H groups in total. The van der Waals surface area contributed by atoms with Crippen LogP contribution in [-0.2, 0) is 16.4 Å². The molecule has 0 atom stereocenters. The zero-order valence-electron chi connectivity index (χ0n) is 12.5. The number of benzene rings is 1. The van der Waals surface area contributed by atoms with Crippen molar-refractivity contribution in [1.82, 2.24) is 4.31 Å². The van der Waals surface area contributed by atoms with Gasteiger partial charge in [0.15, 0.2) is 0 Å². The van der Waals surface area contributed by atoms with E-state index in [1.807, 2.05) is 6.92 Å². The molecule has 0 aliphatic carbocycles. The van der Waals surface area contributed by atoms with Gasteiger partial charge in [-0.1, -0.05) is 12.8 Å². The largest absolute Gasteiger partial charge is 0.497 e. The van der Waals surface area contributed by atoms with E-state index in [0.29, 0.717) is 37.2 Å². The van der Waals surface area contributed by atoms with Gasteiger partial charge < -0.3 is 10.5 Å². The summed E-state index contributed by atoms with van der Waals surface area (Å²) in [6, 6.07) is 4.89. The van der Waals surface area contributed by atoms with Crippen molar-refractivity contribution in [1.29, 1.82) is 0 Å². The smallest absolute Gasteiger partial charge is 0.244 e. The van der Waals surface area contributed by atoms with E-state index in [1.165, 1.54) is 11.4 Å². The summed E-state index contributed by atoms with van der Waals surface area (Å²) in [6.45, 7) is 2.72. The Bertz CT molecular complexity index is 606. The van der Waals surface area contributed by atoms with Crippen molar-refractivity contribution in [2.24, 2.45) is 5.73 Å². The molecule has 0 unspecified atom stereocenters. The molecule has 0 radical (unpaired) electrons. The molecule has 0 aromatic heterocycles. The fourth-order valence-corrected chi connectivity index (χ4v) is 3.74. The van der Waals surface area contributed by atoms with E-state index in [1.54, 1.807) is 18.2 Å². The van der Waals surface area contributed by atoms with Crippen LogP contribution in [0.15, 0.2) is 23.1 Å². The topological polar surface area (TPSA) is 72.6 Å². The van der Waals surface area contributed by atoms with Gasteiger partial charge in [-0.3, -0.25) is 0 Å². The average Bonchev–Trinajstić information content (AvgIpc) is 2.47. The highest BCUT2D eigenvalue weighted by atomic mass is 32.2. The van der Waals surface area contributed by atoms with Crippen molar-refractivity contribution in [3.63, 3.8) is 0 Å². The zero-order chi connectivity index (χ0) is 15.9. The number of hydrogen-bond acceptors (Lipinski definition) is 4. The molecule has 0 fully saturated rings. The third-order valence-electron chi connectivity index (χ3n) is 3.04. The van der Waals surface area contributed by atoms with Crippen LogP contribution in [0.1, 0.15) is 18.9 Å². The van der Waals surface area contributed by atoms with E-state index in [9.17, 15) is 8.42 Å². The molecule has 1 rings (SSSR count). The summed E-state index contributed by atoms with van der Waals surface area (Å²) in [4.78, 5) is 0.248. The fourth-order valence-electron chi connectivity index (χ4n) is 2.06. The van der Waals surface area contributed by atoms with Crippen LogP contribution in [0, 0.1) is 12.3 Å². The van der Waals surface area contributed by atoms with E-state index in [-0.39, 0.29) is 11.4 Å². The van der Waals surface area contributed by atoms with Gasteiger partial charge >= 0.3 is 0 Å². The maximum Gasteiger partial charge on any atom is 0.244 e. The van der Waals surface area contributed by atoms with Gasteiger partial charge in [-0.2, -0.15) is 4.31 Å². The molecule has 0 aliphatic rings. The van der Waals surface area contributed by atoms with E-state index in [0.717, 1.165) is 0 Å². The highest BCUT2D eigenvalue weighted by Gasteiger charge is 2.25. The summed E-state index contributed by atoms with van der Waals surface area (Å²) in [5.41, 5.74) is 6.22. The molecule has 0 amide bonds. The molecule has 0 spiro atoms. The monoisotopic (exact) mass is 310 g/mol. The fraction of sp³-hybridized carbons (Fsp3) is 0.467. The number of ether oxygens (including phenoxy) is 1. The van der Waals surface area contributed by atoms with E-state index >= 15 is 0 Å². The molecule has 0 saturated heterocycles. The number of nitrogens with two attached hydrogens (primary N) is 1. The lowest BCUT2D eigenvalue weighted by Gasteiger charge is -2.21. The van der Waals surface area contributed by atoms with Gasteiger partial charge in [0.2, 0.25) is 10.0 Å². The van der Waals surface area contributed by atoms with Crippen molar-refractivity contribution in [2.75, 3.05) is 26.7 Å². The standard InChI is InChI=1S/C15H22N2O3S/c1-4-10-17(11-5-2)21(18,19)15-7-6-14(20-3)12-13(15)8-9-16/h1,6-7,12H,5,8-11,16H2,2-3H3. The number of rotatable bonds is 8. The zero-order valence-corrected chi connectivity index (χ0v) is 13.3. The lowest BCUT2D eigenvalue weighted by Crippen LogP contribution is -2.33. The van der Waals surface area contributed by atoms with Gasteiger partial charge in [-0.05, 0) is 43.1 Å². The van der Waals surface area contributed by atoms with Crippen LogP contribution < -0.4 is 10.5 Å². The summed E-state index contributed by atoms with van der Waals surface area (Å²) in [6.07, 6.45) is 6.44. The van der Waals surface area contributed by atoms with Gasteiger partial charge in [0.05, 0.1) is 18.6 Å². The van der Waals surface area contributed by atoms with E-state index in [4.69, 9.17) is 16.9 Å². The van der Waals surface area contributed by atoms with Crippen LogP contribution >= 0.6 is 0 Å². The Morgan fingerprint density at radius 2 is 2.14 bits per heavy atom. The predicted octanol–water partition coefficient (Wildman–Crippen LogP) is 1.23. The summed E-state index contributed by atoms with van der Waals surface area (Å²) >= 11 is 0. The van der Waals surface area contributed by atoms with Crippen LogP contribution in [0.2, 0.25) is 0 Å². The number of terminal acetylenes is 1. The Hall–Kier alpha value is -1.55. The molecule has 0 aliphatic heterocycles. The SMILES string of the molecule is C#CCN(CCC)S(=O)(=O)c1ccc(OC)cc1CCN. The summed E-state index contributed by atoms with van der Waals surface area (Å²) < 4.78 is 32.0. The van der Waals surface area contributed by atoms with Crippen LogP contribution in [-0.4, -0.2) is 39.5 Å². The maximum absolute atomic E-state index is 12.8. The molecule has 0 heterocycles. The van der Waals surface area contributed by atoms with E-state index < -0.39 is 10.0 Å². The van der Waals surface area contributed by atoms with Gasteiger partial charge in [-0.15, -0.1) is 6.42 Å². The first-order valence-corrected chi connectivity index (χ1v) is 8.25. The normalized spacial score (nSPS) is 11.4. The van der Waals surface area contributed by atoms with Crippen LogP contribution in [0.3, 0.4) is 0 Å². The Balaban J connectivity index is 3.31. The highest BCUT2D eigenvalue weighted by molar-refractivity contribution is 7.89. The summed E-state index contributed by atoms with van der Waals surface area (Å²) in [7, 11) is -2.08. The molecular formula is C15H22N2O3S. The van der Waals surface area contributed by atoms with Gasteiger partial charge in [-0.25, -0.2) is 8.42 Å². The number of methoxy groups -OCH3 is 1. The summed E-state index contributed by atoms with van der Waals surface area (Å²) in [5, 5.41) is 0. The Kier molecular flexibility index (Phi) is 6.69. The van der Waals surface area contributed by atoms with Gasteiger partial charge in [0.1, 0.15) is 5.75 Å². The average molecular weight is 310 g/mol. The van der Waals surface area contributed by atoms with Crippen LogP contribution in [0.25, 0.3) is 0 Å². The van der Waals surface area contributed by atoms with Crippen LogP contribution in [0.4, 0.5) is 0 Å². The van der Waals surface area contributed by atoms with Crippen molar-refractivity contribution >= 4 is 10.0 Å². The minimum atomic E-state index is -3.62. The lowest BCUT2D eigenvalue weighted by molar-refractivity contribution is 0.413. The highest BCUT2D eigenvalue weighted by Crippen LogP contribution is 2.25. The first-order chi connectivity index (χ1) is 10.0. The second-order valence-electron chi connectivity index (χ2n) is 4.56. The third kappa shape index (κ3) is 4.21. The second kappa shape index (κ2) is 8.03. The number of nitrogens with zero attached hydrogens (tertiary/aromatic N) is 1. The first kappa shape index (κ1) is 17.5. The van der Waals surface area contributed by atoms with Crippen molar-refractivity contribution in [3.05, 3.63) is 23.8 Å². The predicted molar refractivity (Wildman–Crippen MR) is 83.6 cm³/mol. The van der Waals surface area contributed by atoms with Crippen molar-refractivity contribution in [3.8, 4) is 18.1 Å². The lowest BCUT2D eigenvalue weighted by atomic mass is 10.1. The Morgan fingerprint density at radius 1 is 1.43 bits per heavy atom. The third-order valence-corrected chi connectivity index (χ3v) is 4.99. The molecule has 5 nitrogen and oxygen atoms in total. The van der Waals surface area contributed by atoms with Gasteiger partial charge in [0.25, 0.3) is 0 Å². The summed E-state index contributed by atoms with van der Waals surface area (Å²) in [5.74, 6) is 3.01. The first-order valence-electron chi connectivity index (χ1n) is 6.81. The van der Waals surface area contributed by atoms with Gasteiger partial charge in [0, 0.05) is 6.54 Å². The van der Waals surface area contributed by atoms with E-state index in [2.05, 4.69) is 5.92 Å². The molecule has 116 valence electrons. The minimum absolute atomic E-state index is 0.0598. The minimum Gasteiger partial charge on any atom is -0.497 e. The van der Waals surface area contributed by atoms with Crippen LogP contribution in [0.5, 0.6) is 5.75 Å². The molecule has 0 bridgehead atoms. The molecular weight excluding hydrogens is 288 g/mol. The molecule has 21 heavy (non-hydrogen) atoms. The molecule has 1 aromatic carbocycles. The molecule has 0 saturated carbocycles. The Morgan fingerprint density at radius 3 is 2.67 bits per heavy atom. The quantitative estimate of drug-likeness (QED) is 0.733. The maximum atomic E-state index is 12.8.